The maximum atomic E-state index is 15.2. The van der Waals surface area contributed by atoms with E-state index in [2.05, 4.69) is 0 Å². The Morgan fingerprint density at radius 1 is 1.00 bits per heavy atom. The van der Waals surface area contributed by atoms with Crippen molar-refractivity contribution in [1.82, 2.24) is 23.7 Å². The van der Waals surface area contributed by atoms with Crippen molar-refractivity contribution >= 4 is 50.7 Å². The topological polar surface area (TPSA) is 134 Å². The Balaban J connectivity index is 1.20. The van der Waals surface area contributed by atoms with E-state index in [4.69, 9.17) is 21.4 Å². The summed E-state index contributed by atoms with van der Waals surface area (Å²) in [7, 11) is 1.71. The molecule has 9 rings (SSSR count). The number of allylic oxidation sites excluding steroid dienone is 2. The van der Waals surface area contributed by atoms with Crippen molar-refractivity contribution in [3.8, 4) is 22.0 Å². The molecule has 1 N–H and O–H groups in total. The first-order chi connectivity index (χ1) is 26.0. The van der Waals surface area contributed by atoms with Crippen LogP contribution in [0.1, 0.15) is 36.4 Å². The predicted octanol–water partition coefficient (Wildman–Crippen LogP) is 5.61. The third-order valence-corrected chi connectivity index (χ3v) is 12.9. The number of halogens is 1. The lowest BCUT2D eigenvalue weighted by molar-refractivity contribution is -0.129. The van der Waals surface area contributed by atoms with Crippen LogP contribution in [0, 0.1) is 18.3 Å². The van der Waals surface area contributed by atoms with Crippen LogP contribution in [0.15, 0.2) is 100 Å². The van der Waals surface area contributed by atoms with E-state index in [9.17, 15) is 19.5 Å². The Labute approximate surface area is 317 Å². The van der Waals surface area contributed by atoms with Gasteiger partial charge in [-0.05, 0) is 73.2 Å². The van der Waals surface area contributed by atoms with Gasteiger partial charge < -0.3 is 9.84 Å². The Morgan fingerprint density at radius 2 is 1.76 bits per heavy atom. The van der Waals surface area contributed by atoms with Crippen LogP contribution in [0.2, 0.25) is 5.02 Å². The van der Waals surface area contributed by atoms with Crippen molar-refractivity contribution in [2.45, 2.75) is 38.8 Å². The van der Waals surface area contributed by atoms with E-state index in [0.717, 1.165) is 30.7 Å². The molecule has 6 aromatic rings. The number of carbonyl (C=O) groups is 2. The van der Waals surface area contributed by atoms with Gasteiger partial charge in [-0.15, -0.1) is 11.3 Å². The molecular formula is C40H35ClN6O6S. The van der Waals surface area contributed by atoms with Gasteiger partial charge in [0, 0.05) is 34.3 Å². The highest BCUT2D eigenvalue weighted by molar-refractivity contribution is 7.22. The Kier molecular flexibility index (Phi) is 7.96. The summed E-state index contributed by atoms with van der Waals surface area (Å²) in [5, 5.41) is 16.1. The minimum Gasteiger partial charge on any atom is -0.491 e. The standard InChI is InChI=1S/C40H35ClN6O6S/c1-22-27-19-23(41)13-14-32(27)54-35(22)29-21-33(43(3)42-29)46-36(49)28-20-30-25(15-16-44-38(51)45(39(52)47(30)44)24-9-5-4-6-10-24)34(40(28,2)37(46)50)26-11-7-8-12-31(26)53-18-17-48/h4-15,19,21,28,30,34,48H,16-18,20H2,1-3H3. The summed E-state index contributed by atoms with van der Waals surface area (Å²) in [5.74, 6) is -1.64. The van der Waals surface area contributed by atoms with Gasteiger partial charge in [-0.1, -0.05) is 54.1 Å². The molecule has 1 aliphatic carbocycles. The van der Waals surface area contributed by atoms with Gasteiger partial charge in [-0.2, -0.15) is 5.10 Å². The van der Waals surface area contributed by atoms with Crippen molar-refractivity contribution in [2.24, 2.45) is 18.4 Å². The molecule has 4 unspecified atom stereocenters. The summed E-state index contributed by atoms with van der Waals surface area (Å²) in [6, 6.07) is 22.8. The number of anilines is 1. The number of hydrogen-bond donors (Lipinski definition) is 1. The molecule has 54 heavy (non-hydrogen) atoms. The number of nitrogens with zero attached hydrogens (tertiary/aromatic N) is 6. The largest absolute Gasteiger partial charge is 0.491 e. The lowest BCUT2D eigenvalue weighted by Gasteiger charge is -2.47. The van der Waals surface area contributed by atoms with E-state index in [1.54, 1.807) is 59.5 Å². The summed E-state index contributed by atoms with van der Waals surface area (Å²) >= 11 is 7.88. The average Bonchev–Trinajstić information content (AvgIpc) is 3.84. The van der Waals surface area contributed by atoms with Crippen LogP contribution < -0.4 is 21.0 Å². The molecule has 12 nitrogen and oxygen atoms in total. The van der Waals surface area contributed by atoms with E-state index >= 15 is 4.79 Å². The molecule has 1 saturated heterocycles. The molecule has 2 fully saturated rings. The third kappa shape index (κ3) is 4.81. The zero-order valence-electron chi connectivity index (χ0n) is 29.6. The fraction of sp³-hybridized carbons (Fsp3) is 0.275. The highest BCUT2D eigenvalue weighted by Crippen LogP contribution is 2.62. The van der Waals surface area contributed by atoms with Gasteiger partial charge in [-0.25, -0.2) is 28.4 Å². The highest BCUT2D eigenvalue weighted by atomic mass is 35.5. The molecule has 0 spiro atoms. The van der Waals surface area contributed by atoms with Crippen LogP contribution in [0.3, 0.4) is 0 Å². The number of imide groups is 1. The number of amides is 2. The van der Waals surface area contributed by atoms with Crippen LogP contribution in [0.25, 0.3) is 26.3 Å². The molecule has 3 aromatic heterocycles. The van der Waals surface area contributed by atoms with E-state index in [0.29, 0.717) is 33.5 Å². The minimum absolute atomic E-state index is 0.0193. The lowest BCUT2D eigenvalue weighted by atomic mass is 9.56. The molecule has 2 amide bonds. The number of aryl methyl sites for hydroxylation is 2. The van der Waals surface area contributed by atoms with Crippen molar-refractivity contribution in [1.29, 1.82) is 0 Å². The second kappa shape index (κ2) is 12.5. The summed E-state index contributed by atoms with van der Waals surface area (Å²) in [6.45, 7) is 3.71. The average molecular weight is 763 g/mol. The number of hydrogen-bond acceptors (Lipinski definition) is 8. The summed E-state index contributed by atoms with van der Waals surface area (Å²) < 4.78 is 12.6. The molecule has 274 valence electrons. The van der Waals surface area contributed by atoms with Gasteiger partial charge in [0.2, 0.25) is 11.8 Å². The monoisotopic (exact) mass is 762 g/mol. The molecule has 4 atom stereocenters. The summed E-state index contributed by atoms with van der Waals surface area (Å²) in [4.78, 5) is 60.3. The van der Waals surface area contributed by atoms with E-state index in [-0.39, 0.29) is 26.2 Å². The Hall–Kier alpha value is -5.50. The zero-order chi connectivity index (χ0) is 37.6. The van der Waals surface area contributed by atoms with E-state index in [1.807, 2.05) is 62.4 Å². The second-order valence-electron chi connectivity index (χ2n) is 14.2. The van der Waals surface area contributed by atoms with Crippen LogP contribution in [0.5, 0.6) is 5.75 Å². The SMILES string of the molecule is Cc1c(-c2cc(N3C(=O)C4CC5C(=CCn6c(=O)n(-c7ccccc7)c(=O)n65)C(c5ccccc5OCCO)C4(C)C3=O)n(C)n2)sc2ccc(Cl)cc12. The van der Waals surface area contributed by atoms with Gasteiger partial charge in [0.15, 0.2) is 0 Å². The first-order valence-electron chi connectivity index (χ1n) is 17.7. The number of rotatable bonds is 7. The van der Waals surface area contributed by atoms with Crippen LogP contribution in [0.4, 0.5) is 5.82 Å². The Bertz CT molecular complexity index is 2690. The van der Waals surface area contributed by atoms with Crippen LogP contribution in [-0.4, -0.2) is 53.8 Å². The van der Waals surface area contributed by atoms with E-state index < -0.39 is 46.5 Å². The normalized spacial score (nSPS) is 22.0. The molecule has 3 aromatic carbocycles. The zero-order valence-corrected chi connectivity index (χ0v) is 31.2. The molecule has 2 aliphatic heterocycles. The van der Waals surface area contributed by atoms with Crippen LogP contribution in [-0.2, 0) is 23.2 Å². The maximum absolute atomic E-state index is 15.2. The molecule has 3 aliphatic rings. The first-order valence-corrected chi connectivity index (χ1v) is 18.9. The van der Waals surface area contributed by atoms with Crippen molar-refractivity contribution < 1.29 is 19.4 Å². The number of thiophene rings is 1. The number of fused-ring (bicyclic) bond motifs is 5. The Morgan fingerprint density at radius 3 is 2.54 bits per heavy atom. The number of para-hydroxylation sites is 2. The first kappa shape index (κ1) is 34.3. The number of benzene rings is 3. The highest BCUT2D eigenvalue weighted by Gasteiger charge is 2.66. The van der Waals surface area contributed by atoms with Gasteiger partial charge >= 0.3 is 11.4 Å². The molecule has 0 radical (unpaired) electrons. The number of aliphatic hydroxyl groups excluding tert-OH is 1. The maximum Gasteiger partial charge on any atom is 0.352 e. The fourth-order valence-electron chi connectivity index (χ4n) is 8.86. The van der Waals surface area contributed by atoms with Gasteiger partial charge in [0.1, 0.15) is 23.9 Å². The molecule has 14 heteroatoms. The number of carbonyl (C=O) groups excluding carboxylic acids is 2. The molecule has 0 bridgehead atoms. The molecular weight excluding hydrogens is 728 g/mol. The van der Waals surface area contributed by atoms with Crippen molar-refractivity contribution in [2.75, 3.05) is 18.1 Å². The molecule has 1 saturated carbocycles. The fourth-order valence-corrected chi connectivity index (χ4v) is 10.2. The van der Waals surface area contributed by atoms with Gasteiger partial charge in [0.25, 0.3) is 0 Å². The van der Waals surface area contributed by atoms with Crippen LogP contribution >= 0.6 is 22.9 Å². The summed E-state index contributed by atoms with van der Waals surface area (Å²) in [5.41, 5.74) is 1.11. The van der Waals surface area contributed by atoms with E-state index in [1.165, 1.54) is 14.3 Å². The second-order valence-corrected chi connectivity index (χ2v) is 15.7. The predicted molar refractivity (Wildman–Crippen MR) is 206 cm³/mol. The van der Waals surface area contributed by atoms with Crippen molar-refractivity contribution in [3.63, 3.8) is 0 Å². The number of ether oxygens (including phenoxy) is 1. The number of aliphatic hydroxyl groups is 1. The van der Waals surface area contributed by atoms with Gasteiger partial charge in [-0.3, -0.25) is 14.3 Å². The van der Waals surface area contributed by atoms with Gasteiger partial charge in [0.05, 0.1) is 41.1 Å². The molecule has 5 heterocycles. The minimum atomic E-state index is -1.32. The lowest BCUT2D eigenvalue weighted by Crippen LogP contribution is -2.49. The van der Waals surface area contributed by atoms with Crippen molar-refractivity contribution in [3.05, 3.63) is 128 Å². The third-order valence-electron chi connectivity index (χ3n) is 11.3. The number of aromatic nitrogens is 5. The summed E-state index contributed by atoms with van der Waals surface area (Å²) in [6.07, 6.45) is 2.02. The smallest absolute Gasteiger partial charge is 0.352 e. The quantitative estimate of drug-likeness (QED) is 0.165.